The van der Waals surface area contributed by atoms with Gasteiger partial charge in [0.2, 0.25) is 10.0 Å². The second-order valence-corrected chi connectivity index (χ2v) is 10.5. The maximum absolute atomic E-state index is 12.7. The lowest BCUT2D eigenvalue weighted by Gasteiger charge is -2.35. The van der Waals surface area contributed by atoms with E-state index >= 15 is 0 Å². The highest BCUT2D eigenvalue weighted by Gasteiger charge is 2.32. The van der Waals surface area contributed by atoms with Crippen LogP contribution in [0.25, 0.3) is 0 Å². The lowest BCUT2D eigenvalue weighted by molar-refractivity contribution is -0.895. The van der Waals surface area contributed by atoms with Gasteiger partial charge in [-0.1, -0.05) is 57.0 Å². The Labute approximate surface area is 169 Å². The second kappa shape index (κ2) is 9.37. The minimum atomic E-state index is -3.30. The SMILES string of the molecule is C[C@H]1[C@@H](NC(=O)C[NH+]2CCN(S(=O)(=O)Cc3ccccc3)CC2)CCC[C@@H]1C. The van der Waals surface area contributed by atoms with E-state index in [0.29, 0.717) is 44.6 Å². The highest BCUT2D eigenvalue weighted by atomic mass is 32.2. The van der Waals surface area contributed by atoms with Gasteiger partial charge < -0.3 is 10.2 Å². The van der Waals surface area contributed by atoms with Gasteiger partial charge in [-0.15, -0.1) is 0 Å². The maximum atomic E-state index is 12.7. The molecule has 6 nitrogen and oxygen atoms in total. The van der Waals surface area contributed by atoms with Gasteiger partial charge in [-0.2, -0.15) is 4.31 Å². The van der Waals surface area contributed by atoms with Crippen LogP contribution in [0.2, 0.25) is 0 Å². The number of benzene rings is 1. The van der Waals surface area contributed by atoms with Gasteiger partial charge in [0.1, 0.15) is 0 Å². The molecule has 1 aromatic rings. The average molecular weight is 409 g/mol. The Morgan fingerprint density at radius 2 is 1.82 bits per heavy atom. The Balaban J connectivity index is 1.45. The standard InChI is InChI=1S/C21H33N3O3S/c1-17-7-6-10-20(18(17)2)22-21(25)15-23-11-13-24(14-12-23)28(26,27)16-19-8-4-3-5-9-19/h3-5,8-9,17-18,20H,6-7,10-16H2,1-2H3,(H,22,25)/p+1/t17-,18+,20-/m0/s1. The summed E-state index contributed by atoms with van der Waals surface area (Å²) in [5.74, 6) is 1.32. The smallest absolute Gasteiger partial charge is 0.275 e. The highest BCUT2D eigenvalue weighted by molar-refractivity contribution is 7.88. The van der Waals surface area contributed by atoms with Gasteiger partial charge in [-0.05, 0) is 23.8 Å². The lowest BCUT2D eigenvalue weighted by Crippen LogP contribution is -3.15. The fourth-order valence-electron chi connectivity index (χ4n) is 4.40. The molecule has 1 heterocycles. The largest absolute Gasteiger partial charge is 0.348 e. The van der Waals surface area contributed by atoms with Crippen LogP contribution in [0.5, 0.6) is 0 Å². The van der Waals surface area contributed by atoms with Crippen molar-refractivity contribution < 1.29 is 18.1 Å². The molecule has 0 bridgehead atoms. The van der Waals surface area contributed by atoms with E-state index in [1.165, 1.54) is 17.7 Å². The van der Waals surface area contributed by atoms with Crippen LogP contribution in [0.1, 0.15) is 38.7 Å². The number of nitrogens with one attached hydrogen (secondary N) is 2. The Kier molecular flexibility index (Phi) is 7.12. The Morgan fingerprint density at radius 3 is 2.50 bits per heavy atom. The molecular weight excluding hydrogens is 374 g/mol. The summed E-state index contributed by atoms with van der Waals surface area (Å²) in [5, 5.41) is 3.23. The molecule has 1 saturated heterocycles. The van der Waals surface area contributed by atoms with Gasteiger partial charge in [0.25, 0.3) is 5.91 Å². The van der Waals surface area contributed by atoms with Gasteiger partial charge in [-0.25, -0.2) is 8.42 Å². The molecule has 2 fully saturated rings. The van der Waals surface area contributed by atoms with E-state index in [-0.39, 0.29) is 17.7 Å². The number of hydrogen-bond acceptors (Lipinski definition) is 3. The van der Waals surface area contributed by atoms with Gasteiger partial charge in [0, 0.05) is 6.04 Å². The molecule has 28 heavy (non-hydrogen) atoms. The third-order valence-electron chi connectivity index (χ3n) is 6.48. The zero-order valence-corrected chi connectivity index (χ0v) is 17.9. The van der Waals surface area contributed by atoms with Crippen molar-refractivity contribution in [3.05, 3.63) is 35.9 Å². The van der Waals surface area contributed by atoms with Crippen molar-refractivity contribution in [2.45, 2.75) is 44.9 Å². The quantitative estimate of drug-likeness (QED) is 0.726. The summed E-state index contributed by atoms with van der Waals surface area (Å²) >= 11 is 0. The predicted molar refractivity (Wildman–Crippen MR) is 110 cm³/mol. The number of sulfonamides is 1. The number of carbonyl (C=O) groups is 1. The monoisotopic (exact) mass is 408 g/mol. The van der Waals surface area contributed by atoms with Gasteiger partial charge >= 0.3 is 0 Å². The summed E-state index contributed by atoms with van der Waals surface area (Å²) in [4.78, 5) is 13.7. The second-order valence-electron chi connectivity index (χ2n) is 8.51. The number of quaternary nitrogens is 1. The molecule has 0 aromatic heterocycles. The van der Waals surface area contributed by atoms with Crippen molar-refractivity contribution in [3.63, 3.8) is 0 Å². The molecule has 0 unspecified atom stereocenters. The van der Waals surface area contributed by atoms with E-state index in [0.717, 1.165) is 12.0 Å². The zero-order chi connectivity index (χ0) is 20.1. The van der Waals surface area contributed by atoms with Crippen molar-refractivity contribution in [3.8, 4) is 0 Å². The van der Waals surface area contributed by atoms with Crippen LogP contribution in [0.4, 0.5) is 0 Å². The number of hydrogen-bond donors (Lipinski definition) is 2. The first-order valence-electron chi connectivity index (χ1n) is 10.5. The van der Waals surface area contributed by atoms with E-state index < -0.39 is 10.0 Å². The Bertz CT molecular complexity index is 745. The summed E-state index contributed by atoms with van der Waals surface area (Å²) < 4.78 is 26.9. The Hall–Kier alpha value is -1.44. The first-order chi connectivity index (χ1) is 13.3. The predicted octanol–water partition coefficient (Wildman–Crippen LogP) is 0.658. The van der Waals surface area contributed by atoms with Gasteiger partial charge in [0.05, 0.1) is 31.9 Å². The molecule has 3 atom stereocenters. The molecule has 0 spiro atoms. The molecule has 1 saturated carbocycles. The normalized spacial score (nSPS) is 27.4. The average Bonchev–Trinajstić information content (AvgIpc) is 2.66. The molecule has 2 N–H and O–H groups in total. The minimum absolute atomic E-state index is 0.0431. The summed E-state index contributed by atoms with van der Waals surface area (Å²) in [5.41, 5.74) is 0.812. The molecular formula is C21H34N3O3S+. The van der Waals surface area contributed by atoms with Crippen molar-refractivity contribution in [2.24, 2.45) is 11.8 Å². The molecule has 156 valence electrons. The van der Waals surface area contributed by atoms with Crippen LogP contribution < -0.4 is 10.2 Å². The first kappa shape index (κ1) is 21.3. The molecule has 2 aliphatic rings. The molecule has 7 heteroatoms. The van der Waals surface area contributed by atoms with E-state index in [1.807, 2.05) is 30.3 Å². The van der Waals surface area contributed by atoms with Crippen molar-refractivity contribution in [1.82, 2.24) is 9.62 Å². The van der Waals surface area contributed by atoms with Crippen LogP contribution in [-0.4, -0.2) is 57.4 Å². The summed E-state index contributed by atoms with van der Waals surface area (Å²) in [6.45, 7) is 7.25. The van der Waals surface area contributed by atoms with Crippen molar-refractivity contribution >= 4 is 15.9 Å². The van der Waals surface area contributed by atoms with Crippen LogP contribution in [-0.2, 0) is 20.6 Å². The first-order valence-corrected chi connectivity index (χ1v) is 12.1. The van der Waals surface area contributed by atoms with E-state index in [1.54, 1.807) is 4.31 Å². The Morgan fingerprint density at radius 1 is 1.14 bits per heavy atom. The topological polar surface area (TPSA) is 70.9 Å². The number of nitrogens with zero attached hydrogens (tertiary/aromatic N) is 1. The summed E-state index contributed by atoms with van der Waals surface area (Å²) in [7, 11) is -3.30. The van der Waals surface area contributed by atoms with Crippen molar-refractivity contribution in [2.75, 3.05) is 32.7 Å². The molecule has 1 amide bonds. The minimum Gasteiger partial charge on any atom is -0.348 e. The van der Waals surface area contributed by atoms with E-state index in [9.17, 15) is 13.2 Å². The summed E-state index contributed by atoms with van der Waals surface area (Å²) in [6, 6.07) is 9.58. The fourth-order valence-corrected chi connectivity index (χ4v) is 5.94. The third kappa shape index (κ3) is 5.55. The molecule has 0 radical (unpaired) electrons. The zero-order valence-electron chi connectivity index (χ0n) is 17.1. The third-order valence-corrected chi connectivity index (χ3v) is 8.33. The number of rotatable bonds is 6. The van der Waals surface area contributed by atoms with Crippen LogP contribution in [0, 0.1) is 11.8 Å². The molecule has 1 aliphatic carbocycles. The number of amides is 1. The van der Waals surface area contributed by atoms with Crippen molar-refractivity contribution in [1.29, 1.82) is 0 Å². The molecule has 1 aromatic carbocycles. The number of piperazine rings is 1. The fraction of sp³-hybridized carbons (Fsp3) is 0.667. The van der Waals surface area contributed by atoms with E-state index in [4.69, 9.17) is 0 Å². The van der Waals surface area contributed by atoms with E-state index in [2.05, 4.69) is 19.2 Å². The highest BCUT2D eigenvalue weighted by Crippen LogP contribution is 2.29. The van der Waals surface area contributed by atoms with Crippen LogP contribution >= 0.6 is 0 Å². The van der Waals surface area contributed by atoms with Crippen LogP contribution in [0.15, 0.2) is 30.3 Å². The van der Waals surface area contributed by atoms with Crippen LogP contribution in [0.3, 0.4) is 0 Å². The maximum Gasteiger partial charge on any atom is 0.275 e. The molecule has 3 rings (SSSR count). The molecule has 1 aliphatic heterocycles. The van der Waals surface area contributed by atoms with Gasteiger partial charge in [0.15, 0.2) is 6.54 Å². The number of carbonyl (C=O) groups excluding carboxylic acids is 1. The summed E-state index contributed by atoms with van der Waals surface area (Å²) in [6.07, 6.45) is 3.50. The van der Waals surface area contributed by atoms with Gasteiger partial charge in [-0.3, -0.25) is 4.79 Å². The lowest BCUT2D eigenvalue weighted by atomic mass is 9.78.